The third-order valence-corrected chi connectivity index (χ3v) is 2.64. The van der Waals surface area contributed by atoms with Gasteiger partial charge in [0.05, 0.1) is 5.69 Å². The van der Waals surface area contributed by atoms with Crippen LogP contribution in [0.25, 0.3) is 0 Å². The molecule has 0 amide bonds. The van der Waals surface area contributed by atoms with Crippen molar-refractivity contribution in [2.24, 2.45) is 5.84 Å². The van der Waals surface area contributed by atoms with Crippen LogP contribution < -0.4 is 10.9 Å². The normalized spacial score (nSPS) is 10.2. The quantitative estimate of drug-likeness (QED) is 0.646. The Balaban J connectivity index is 1.93. The summed E-state index contributed by atoms with van der Waals surface area (Å²) < 4.78 is 12.7. The van der Waals surface area contributed by atoms with Crippen molar-refractivity contribution in [1.29, 1.82) is 0 Å². The van der Waals surface area contributed by atoms with Gasteiger partial charge in [-0.25, -0.2) is 10.2 Å². The smallest absolute Gasteiger partial charge is 0.123 e. The van der Waals surface area contributed by atoms with Crippen molar-refractivity contribution in [2.45, 2.75) is 6.42 Å². The highest BCUT2D eigenvalue weighted by Gasteiger charge is 2.01. The lowest BCUT2D eigenvalue weighted by atomic mass is 10.1. The average Bonchev–Trinajstić information content (AvgIpc) is 2.38. The van der Waals surface area contributed by atoms with Crippen LogP contribution in [0.3, 0.4) is 0 Å². The number of hydrazine groups is 1. The van der Waals surface area contributed by atoms with E-state index in [4.69, 9.17) is 5.84 Å². The third kappa shape index (κ3) is 3.29. The number of hydrogen-bond acceptors (Lipinski definition) is 2. The maximum atomic E-state index is 12.7. The molecule has 3 heteroatoms. The SMILES string of the molecule is NN(CCc1ccccc1)c1ccc(F)cc1. The summed E-state index contributed by atoms with van der Waals surface area (Å²) >= 11 is 0. The maximum absolute atomic E-state index is 12.7. The number of halogens is 1. The summed E-state index contributed by atoms with van der Waals surface area (Å²) in [5, 5.41) is 1.63. The molecule has 2 aromatic rings. The van der Waals surface area contributed by atoms with Gasteiger partial charge in [0.15, 0.2) is 0 Å². The van der Waals surface area contributed by atoms with Crippen molar-refractivity contribution in [3.05, 3.63) is 66.0 Å². The van der Waals surface area contributed by atoms with Crippen molar-refractivity contribution in [3.8, 4) is 0 Å². The summed E-state index contributed by atoms with van der Waals surface area (Å²) in [5.41, 5.74) is 2.06. The van der Waals surface area contributed by atoms with Crippen LogP contribution in [0, 0.1) is 5.82 Å². The van der Waals surface area contributed by atoms with E-state index < -0.39 is 0 Å². The number of rotatable bonds is 4. The fourth-order valence-corrected chi connectivity index (χ4v) is 1.66. The minimum Gasteiger partial charge on any atom is -0.311 e. The topological polar surface area (TPSA) is 29.3 Å². The van der Waals surface area contributed by atoms with Gasteiger partial charge in [-0.15, -0.1) is 0 Å². The number of nitrogens with zero attached hydrogens (tertiary/aromatic N) is 1. The first kappa shape index (κ1) is 11.6. The van der Waals surface area contributed by atoms with Gasteiger partial charge in [-0.2, -0.15) is 0 Å². The van der Waals surface area contributed by atoms with E-state index in [0.717, 1.165) is 12.1 Å². The van der Waals surface area contributed by atoms with Crippen LogP contribution in [0.2, 0.25) is 0 Å². The van der Waals surface area contributed by atoms with Crippen LogP contribution in [-0.2, 0) is 6.42 Å². The summed E-state index contributed by atoms with van der Waals surface area (Å²) in [6.07, 6.45) is 0.870. The van der Waals surface area contributed by atoms with E-state index in [1.807, 2.05) is 18.2 Å². The van der Waals surface area contributed by atoms with Crippen molar-refractivity contribution in [3.63, 3.8) is 0 Å². The molecular weight excluding hydrogens is 215 g/mol. The first-order chi connectivity index (χ1) is 8.25. The Morgan fingerprint density at radius 3 is 2.24 bits per heavy atom. The number of benzene rings is 2. The van der Waals surface area contributed by atoms with Crippen LogP contribution in [0.15, 0.2) is 54.6 Å². The highest BCUT2D eigenvalue weighted by atomic mass is 19.1. The zero-order valence-corrected chi connectivity index (χ0v) is 9.51. The van der Waals surface area contributed by atoms with Crippen LogP contribution >= 0.6 is 0 Å². The molecule has 0 atom stereocenters. The lowest BCUT2D eigenvalue weighted by molar-refractivity contribution is 0.627. The van der Waals surface area contributed by atoms with Gasteiger partial charge < -0.3 is 5.01 Å². The van der Waals surface area contributed by atoms with E-state index in [1.165, 1.54) is 17.7 Å². The first-order valence-electron chi connectivity index (χ1n) is 5.57. The summed E-state index contributed by atoms with van der Waals surface area (Å²) in [6.45, 7) is 0.704. The molecule has 0 aliphatic heterocycles. The largest absolute Gasteiger partial charge is 0.311 e. The van der Waals surface area contributed by atoms with Crippen LogP contribution in [0.5, 0.6) is 0 Å². The van der Waals surface area contributed by atoms with E-state index in [2.05, 4.69) is 12.1 Å². The van der Waals surface area contributed by atoms with Crippen LogP contribution in [-0.4, -0.2) is 6.54 Å². The van der Waals surface area contributed by atoms with E-state index in [1.54, 1.807) is 17.1 Å². The molecule has 88 valence electrons. The fourth-order valence-electron chi connectivity index (χ4n) is 1.66. The van der Waals surface area contributed by atoms with Gasteiger partial charge in [-0.05, 0) is 36.2 Å². The van der Waals surface area contributed by atoms with Crippen molar-refractivity contribution >= 4 is 5.69 Å². The molecule has 0 saturated heterocycles. The second-order valence-corrected chi connectivity index (χ2v) is 3.91. The zero-order chi connectivity index (χ0) is 12.1. The Labute approximate surface area is 100 Å². The molecule has 2 aromatic carbocycles. The van der Waals surface area contributed by atoms with E-state index in [0.29, 0.717) is 6.54 Å². The minimum atomic E-state index is -0.245. The zero-order valence-electron chi connectivity index (χ0n) is 9.51. The molecule has 0 bridgehead atoms. The molecule has 0 fully saturated rings. The second-order valence-electron chi connectivity index (χ2n) is 3.91. The molecule has 0 radical (unpaired) electrons. The summed E-state index contributed by atoms with van der Waals surface area (Å²) in [4.78, 5) is 0. The Kier molecular flexibility index (Phi) is 3.73. The molecule has 17 heavy (non-hydrogen) atoms. The van der Waals surface area contributed by atoms with Gasteiger partial charge in [-0.1, -0.05) is 30.3 Å². The van der Waals surface area contributed by atoms with Crippen molar-refractivity contribution in [1.82, 2.24) is 0 Å². The third-order valence-electron chi connectivity index (χ3n) is 2.64. The average molecular weight is 230 g/mol. The predicted octanol–water partition coefficient (Wildman–Crippen LogP) is 2.75. The number of nitrogens with two attached hydrogens (primary N) is 1. The minimum absolute atomic E-state index is 0.245. The van der Waals surface area contributed by atoms with Gasteiger partial charge in [0.2, 0.25) is 0 Å². The number of anilines is 1. The molecule has 0 unspecified atom stereocenters. The van der Waals surface area contributed by atoms with Crippen LogP contribution in [0.4, 0.5) is 10.1 Å². The predicted molar refractivity (Wildman–Crippen MR) is 68.1 cm³/mol. The molecule has 0 heterocycles. The summed E-state index contributed by atoms with van der Waals surface area (Å²) in [5.74, 6) is 5.66. The van der Waals surface area contributed by atoms with E-state index >= 15 is 0 Å². The Morgan fingerprint density at radius 2 is 1.59 bits per heavy atom. The molecule has 0 aliphatic carbocycles. The molecule has 2 N–H and O–H groups in total. The molecule has 2 rings (SSSR count). The van der Waals surface area contributed by atoms with Gasteiger partial charge in [0.25, 0.3) is 0 Å². The Hall–Kier alpha value is -1.87. The monoisotopic (exact) mass is 230 g/mol. The lowest BCUT2D eigenvalue weighted by Crippen LogP contribution is -2.32. The van der Waals surface area contributed by atoms with Gasteiger partial charge in [0.1, 0.15) is 5.82 Å². The molecule has 0 aliphatic rings. The highest BCUT2D eigenvalue weighted by Crippen LogP contribution is 2.12. The maximum Gasteiger partial charge on any atom is 0.123 e. The standard InChI is InChI=1S/C14H15FN2/c15-13-6-8-14(9-7-13)17(16)11-10-12-4-2-1-3-5-12/h1-9H,10-11,16H2. The van der Waals surface area contributed by atoms with E-state index in [9.17, 15) is 4.39 Å². The Morgan fingerprint density at radius 1 is 0.941 bits per heavy atom. The van der Waals surface area contributed by atoms with Gasteiger partial charge in [0, 0.05) is 6.54 Å². The van der Waals surface area contributed by atoms with Crippen LogP contribution in [0.1, 0.15) is 5.56 Å². The molecule has 0 aromatic heterocycles. The summed E-state index contributed by atoms with van der Waals surface area (Å²) in [6, 6.07) is 16.3. The first-order valence-corrected chi connectivity index (χ1v) is 5.57. The summed E-state index contributed by atoms with van der Waals surface area (Å²) in [7, 11) is 0. The van der Waals surface area contributed by atoms with Crippen molar-refractivity contribution < 1.29 is 4.39 Å². The Bertz CT molecular complexity index is 453. The second kappa shape index (κ2) is 5.46. The molecule has 2 nitrogen and oxygen atoms in total. The van der Waals surface area contributed by atoms with Crippen molar-refractivity contribution in [2.75, 3.05) is 11.6 Å². The van der Waals surface area contributed by atoms with Gasteiger partial charge >= 0.3 is 0 Å². The lowest BCUT2D eigenvalue weighted by Gasteiger charge is -2.18. The molecular formula is C14H15FN2. The fraction of sp³-hybridized carbons (Fsp3) is 0.143. The number of hydrogen-bond donors (Lipinski definition) is 1. The molecule has 0 spiro atoms. The van der Waals surface area contributed by atoms with E-state index in [-0.39, 0.29) is 5.82 Å². The van der Waals surface area contributed by atoms with Gasteiger partial charge in [-0.3, -0.25) is 0 Å². The molecule has 0 saturated carbocycles. The highest BCUT2D eigenvalue weighted by molar-refractivity contribution is 5.44.